The maximum absolute atomic E-state index is 12.4. The van der Waals surface area contributed by atoms with Crippen LogP contribution in [0.25, 0.3) is 0 Å². The minimum atomic E-state index is -1.02. The maximum atomic E-state index is 12.4. The third kappa shape index (κ3) is 3.86. The summed E-state index contributed by atoms with van der Waals surface area (Å²) in [6.45, 7) is 0.433. The van der Waals surface area contributed by atoms with Gasteiger partial charge in [0.1, 0.15) is 6.61 Å². The number of hydrogen-bond acceptors (Lipinski definition) is 5. The lowest BCUT2D eigenvalue weighted by Crippen LogP contribution is -2.51. The number of rotatable bonds is 5. The van der Waals surface area contributed by atoms with Gasteiger partial charge in [-0.3, -0.25) is 9.78 Å². The second-order valence-corrected chi connectivity index (χ2v) is 5.87. The monoisotopic (exact) mass is 320 g/mol. The molecular weight excluding hydrogens is 300 g/mol. The van der Waals surface area contributed by atoms with Crippen molar-refractivity contribution in [3.05, 3.63) is 29.1 Å². The molecule has 1 amide bonds. The van der Waals surface area contributed by atoms with Gasteiger partial charge in [0.25, 0.3) is 5.91 Å². The first-order chi connectivity index (χ1) is 11.1. The summed E-state index contributed by atoms with van der Waals surface area (Å²) in [5.41, 5.74) is 2.73. The van der Waals surface area contributed by atoms with Gasteiger partial charge in [0.05, 0.1) is 24.3 Å². The largest absolute Gasteiger partial charge is 0.480 e. The van der Waals surface area contributed by atoms with E-state index >= 15 is 0 Å². The van der Waals surface area contributed by atoms with E-state index in [0.717, 1.165) is 30.5 Å². The molecular formula is C16H20N2O5. The lowest BCUT2D eigenvalue weighted by atomic mass is 10.1. The van der Waals surface area contributed by atoms with Crippen molar-refractivity contribution in [1.82, 2.24) is 10.3 Å². The molecule has 1 aromatic rings. The molecule has 3 rings (SSSR count). The number of aromatic nitrogens is 1. The molecule has 0 aromatic carbocycles. The van der Waals surface area contributed by atoms with Gasteiger partial charge >= 0.3 is 5.97 Å². The fourth-order valence-corrected chi connectivity index (χ4v) is 3.03. The molecule has 7 nitrogen and oxygen atoms in total. The molecule has 7 heteroatoms. The number of ether oxygens (including phenoxy) is 2. The molecule has 23 heavy (non-hydrogen) atoms. The Balaban J connectivity index is 1.64. The zero-order chi connectivity index (χ0) is 16.2. The van der Waals surface area contributed by atoms with Gasteiger partial charge in [-0.2, -0.15) is 0 Å². The summed E-state index contributed by atoms with van der Waals surface area (Å²) in [5, 5.41) is 11.6. The Kier molecular flexibility index (Phi) is 4.88. The molecule has 1 fully saturated rings. The minimum Gasteiger partial charge on any atom is -0.480 e. The number of hydrogen-bond donors (Lipinski definition) is 2. The number of carbonyl (C=O) groups excluding carboxylic acids is 1. The third-order valence-electron chi connectivity index (χ3n) is 4.21. The van der Waals surface area contributed by atoms with E-state index in [1.807, 2.05) is 6.07 Å². The van der Waals surface area contributed by atoms with Crippen molar-refractivity contribution < 1.29 is 24.2 Å². The molecule has 0 bridgehead atoms. The number of carboxylic acids is 1. The van der Waals surface area contributed by atoms with Gasteiger partial charge in [-0.15, -0.1) is 0 Å². The smallest absolute Gasteiger partial charge is 0.329 e. The van der Waals surface area contributed by atoms with Gasteiger partial charge in [0.15, 0.2) is 0 Å². The second kappa shape index (κ2) is 7.06. The van der Waals surface area contributed by atoms with Crippen LogP contribution in [0.1, 0.15) is 34.5 Å². The molecule has 1 aliphatic heterocycles. The second-order valence-electron chi connectivity index (χ2n) is 5.87. The maximum Gasteiger partial charge on any atom is 0.329 e. The molecule has 2 N–H and O–H groups in total. The van der Waals surface area contributed by atoms with Crippen LogP contribution >= 0.6 is 0 Å². The molecule has 1 saturated heterocycles. The minimum absolute atomic E-state index is 0.230. The van der Waals surface area contributed by atoms with Crippen LogP contribution < -0.4 is 5.32 Å². The molecule has 1 aromatic heterocycles. The number of aliphatic carboxylic acids is 1. The van der Waals surface area contributed by atoms with Gasteiger partial charge in [-0.25, -0.2) is 4.79 Å². The lowest BCUT2D eigenvalue weighted by Gasteiger charge is -2.31. The van der Waals surface area contributed by atoms with Crippen LogP contribution in [0.5, 0.6) is 0 Å². The van der Waals surface area contributed by atoms with Crippen LogP contribution in [-0.2, 0) is 27.1 Å². The number of pyridine rings is 1. The van der Waals surface area contributed by atoms with Crippen LogP contribution in [0, 0.1) is 0 Å². The highest BCUT2D eigenvalue weighted by Crippen LogP contribution is 2.20. The molecule has 2 aliphatic rings. The number of fused-ring (bicyclic) bond motifs is 1. The SMILES string of the molecule is O=C(O)CO[C@@H]1CCOC[C@@H]1NC(=O)c1cnc2c(c1)CCC2. The predicted molar refractivity (Wildman–Crippen MR) is 80.3 cm³/mol. The van der Waals surface area contributed by atoms with Crippen molar-refractivity contribution in [3.8, 4) is 0 Å². The molecule has 2 heterocycles. The first-order valence-electron chi connectivity index (χ1n) is 7.83. The Hall–Kier alpha value is -1.99. The quantitative estimate of drug-likeness (QED) is 0.822. The summed E-state index contributed by atoms with van der Waals surface area (Å²) in [7, 11) is 0. The fourth-order valence-electron chi connectivity index (χ4n) is 3.03. The average Bonchev–Trinajstić information content (AvgIpc) is 3.01. The number of carboxylic acid groups (broad SMARTS) is 1. The van der Waals surface area contributed by atoms with E-state index in [4.69, 9.17) is 14.6 Å². The molecule has 0 unspecified atom stereocenters. The first kappa shape index (κ1) is 15.9. The normalized spacial score (nSPS) is 23.3. The van der Waals surface area contributed by atoms with Gasteiger partial charge < -0.3 is 19.9 Å². The van der Waals surface area contributed by atoms with Gasteiger partial charge in [-0.1, -0.05) is 0 Å². The van der Waals surface area contributed by atoms with E-state index in [1.165, 1.54) is 0 Å². The van der Waals surface area contributed by atoms with Crippen LogP contribution in [0.4, 0.5) is 0 Å². The molecule has 0 saturated carbocycles. The lowest BCUT2D eigenvalue weighted by molar-refractivity contribution is -0.147. The van der Waals surface area contributed by atoms with E-state index in [2.05, 4.69) is 10.3 Å². The Labute approximate surface area is 134 Å². The van der Waals surface area contributed by atoms with E-state index < -0.39 is 5.97 Å². The van der Waals surface area contributed by atoms with E-state index in [1.54, 1.807) is 6.20 Å². The Bertz CT molecular complexity index is 604. The van der Waals surface area contributed by atoms with E-state index in [0.29, 0.717) is 25.2 Å². The van der Waals surface area contributed by atoms with Gasteiger partial charge in [0, 0.05) is 18.5 Å². The number of amides is 1. The van der Waals surface area contributed by atoms with Crippen molar-refractivity contribution >= 4 is 11.9 Å². The van der Waals surface area contributed by atoms with Crippen molar-refractivity contribution in [3.63, 3.8) is 0 Å². The van der Waals surface area contributed by atoms with Gasteiger partial charge in [0.2, 0.25) is 0 Å². The Morgan fingerprint density at radius 2 is 2.30 bits per heavy atom. The summed E-state index contributed by atoms with van der Waals surface area (Å²) >= 11 is 0. The highest BCUT2D eigenvalue weighted by Gasteiger charge is 2.29. The molecule has 0 spiro atoms. The molecule has 0 radical (unpaired) electrons. The summed E-state index contributed by atoms with van der Waals surface area (Å²) in [5.74, 6) is -1.25. The summed E-state index contributed by atoms with van der Waals surface area (Å²) < 4.78 is 10.7. The molecule has 124 valence electrons. The summed E-state index contributed by atoms with van der Waals surface area (Å²) in [6.07, 6.45) is 4.80. The predicted octanol–water partition coefficient (Wildman–Crippen LogP) is 0.559. The van der Waals surface area contributed by atoms with Crippen LogP contribution in [0.2, 0.25) is 0 Å². The molecule has 2 atom stereocenters. The first-order valence-corrected chi connectivity index (χ1v) is 7.83. The van der Waals surface area contributed by atoms with Crippen molar-refractivity contribution in [2.45, 2.75) is 37.8 Å². The van der Waals surface area contributed by atoms with E-state index in [-0.39, 0.29) is 24.7 Å². The zero-order valence-corrected chi connectivity index (χ0v) is 12.8. The van der Waals surface area contributed by atoms with Crippen molar-refractivity contribution in [1.29, 1.82) is 0 Å². The van der Waals surface area contributed by atoms with Gasteiger partial charge in [-0.05, 0) is 37.3 Å². The van der Waals surface area contributed by atoms with Crippen LogP contribution in [0.15, 0.2) is 12.3 Å². The third-order valence-corrected chi connectivity index (χ3v) is 4.21. The standard InChI is InChI=1S/C16H20N2O5/c19-15(20)9-23-14-4-5-22-8-13(14)18-16(21)11-6-10-2-1-3-12(10)17-7-11/h6-7,13-14H,1-5,8-9H2,(H,18,21)(H,19,20)/t13-,14+/m0/s1. The van der Waals surface area contributed by atoms with Crippen LogP contribution in [0.3, 0.4) is 0 Å². The fraction of sp³-hybridized carbons (Fsp3) is 0.562. The average molecular weight is 320 g/mol. The van der Waals surface area contributed by atoms with E-state index in [9.17, 15) is 9.59 Å². The number of nitrogens with zero attached hydrogens (tertiary/aromatic N) is 1. The van der Waals surface area contributed by atoms with Crippen molar-refractivity contribution in [2.24, 2.45) is 0 Å². The number of nitrogens with one attached hydrogen (secondary N) is 1. The Morgan fingerprint density at radius 1 is 1.43 bits per heavy atom. The van der Waals surface area contributed by atoms with Crippen LogP contribution in [-0.4, -0.2) is 53.9 Å². The Morgan fingerprint density at radius 3 is 3.13 bits per heavy atom. The topological polar surface area (TPSA) is 97.8 Å². The zero-order valence-electron chi connectivity index (χ0n) is 12.8. The molecule has 1 aliphatic carbocycles. The van der Waals surface area contributed by atoms with Crippen molar-refractivity contribution in [2.75, 3.05) is 19.8 Å². The number of aryl methyl sites for hydroxylation is 2. The number of carbonyl (C=O) groups is 2. The highest BCUT2D eigenvalue weighted by atomic mass is 16.5. The highest BCUT2D eigenvalue weighted by molar-refractivity contribution is 5.94. The summed E-state index contributed by atoms with van der Waals surface area (Å²) in [6, 6.07) is 1.53. The summed E-state index contributed by atoms with van der Waals surface area (Å²) in [4.78, 5) is 27.4.